The summed E-state index contributed by atoms with van der Waals surface area (Å²) in [5.41, 5.74) is 1.87. The zero-order valence-corrected chi connectivity index (χ0v) is 12.3. The molecule has 0 saturated heterocycles. The second-order valence-corrected chi connectivity index (χ2v) is 5.68. The summed E-state index contributed by atoms with van der Waals surface area (Å²) >= 11 is 0. The Labute approximate surface area is 119 Å². The maximum Gasteiger partial charge on any atom is 0.220 e. The third-order valence-corrected chi connectivity index (χ3v) is 4.11. The number of hydrogen-bond donors (Lipinski definition) is 2. The van der Waals surface area contributed by atoms with E-state index in [9.17, 15) is 9.90 Å². The van der Waals surface area contributed by atoms with Gasteiger partial charge in [0, 0.05) is 12.0 Å². The zero-order chi connectivity index (χ0) is 14.5. The summed E-state index contributed by atoms with van der Waals surface area (Å²) in [6, 6.07) is -0.0883. The summed E-state index contributed by atoms with van der Waals surface area (Å²) in [5, 5.41) is 16.9. The monoisotopic (exact) mass is 280 g/mol. The lowest BCUT2D eigenvalue weighted by Gasteiger charge is -2.21. The highest BCUT2D eigenvalue weighted by Gasteiger charge is 2.23. The summed E-state index contributed by atoms with van der Waals surface area (Å²) in [6.45, 7) is 3.75. The molecule has 1 fully saturated rings. The number of nitrogens with zero attached hydrogens (tertiary/aromatic N) is 1. The number of aromatic nitrogens is 1. The summed E-state index contributed by atoms with van der Waals surface area (Å²) in [7, 11) is 0. The second kappa shape index (κ2) is 6.88. The molecule has 1 aliphatic carbocycles. The maximum absolute atomic E-state index is 12.0. The van der Waals surface area contributed by atoms with Crippen LogP contribution in [0, 0.1) is 13.8 Å². The van der Waals surface area contributed by atoms with E-state index in [2.05, 4.69) is 10.5 Å². The first kappa shape index (κ1) is 15.0. The van der Waals surface area contributed by atoms with Crippen molar-refractivity contribution in [2.24, 2.45) is 0 Å². The van der Waals surface area contributed by atoms with Crippen LogP contribution in [0.5, 0.6) is 0 Å². The second-order valence-electron chi connectivity index (χ2n) is 5.68. The van der Waals surface area contributed by atoms with Crippen molar-refractivity contribution < 1.29 is 14.4 Å². The van der Waals surface area contributed by atoms with Gasteiger partial charge in [0.25, 0.3) is 0 Å². The van der Waals surface area contributed by atoms with Gasteiger partial charge in [-0.3, -0.25) is 4.79 Å². The highest BCUT2D eigenvalue weighted by molar-refractivity contribution is 5.76. The molecule has 1 saturated carbocycles. The van der Waals surface area contributed by atoms with Crippen molar-refractivity contribution in [3.05, 3.63) is 17.0 Å². The average Bonchev–Trinajstić information content (AvgIpc) is 2.60. The average molecular weight is 280 g/mol. The fourth-order valence-corrected chi connectivity index (χ4v) is 2.83. The number of amides is 1. The molecule has 1 heterocycles. The molecule has 2 unspecified atom stereocenters. The summed E-state index contributed by atoms with van der Waals surface area (Å²) < 4.78 is 5.09. The van der Waals surface area contributed by atoms with E-state index in [1.54, 1.807) is 0 Å². The minimum Gasteiger partial charge on any atom is -0.391 e. The largest absolute Gasteiger partial charge is 0.391 e. The topological polar surface area (TPSA) is 75.4 Å². The molecule has 1 amide bonds. The number of carbonyl (C=O) groups is 1. The number of aliphatic hydroxyl groups is 1. The Balaban J connectivity index is 1.83. The lowest BCUT2D eigenvalue weighted by atomic mass is 10.0. The molecule has 112 valence electrons. The van der Waals surface area contributed by atoms with E-state index < -0.39 is 6.10 Å². The molecule has 0 radical (unpaired) electrons. The molecule has 2 N–H and O–H groups in total. The molecular formula is C15H24N2O3. The molecule has 0 aromatic carbocycles. The Hall–Kier alpha value is -1.36. The Morgan fingerprint density at radius 2 is 2.10 bits per heavy atom. The number of carbonyl (C=O) groups excluding carboxylic acids is 1. The van der Waals surface area contributed by atoms with Gasteiger partial charge in [0.1, 0.15) is 5.76 Å². The van der Waals surface area contributed by atoms with Crippen molar-refractivity contribution in [2.45, 2.75) is 70.9 Å². The minimum absolute atomic E-state index is 0.00375. The maximum atomic E-state index is 12.0. The van der Waals surface area contributed by atoms with Gasteiger partial charge in [-0.15, -0.1) is 0 Å². The summed E-state index contributed by atoms with van der Waals surface area (Å²) in [4.78, 5) is 12.0. The van der Waals surface area contributed by atoms with Gasteiger partial charge >= 0.3 is 0 Å². The molecule has 20 heavy (non-hydrogen) atoms. The van der Waals surface area contributed by atoms with Crippen LogP contribution in [0.2, 0.25) is 0 Å². The Kier molecular flexibility index (Phi) is 5.17. The SMILES string of the molecule is Cc1noc(C)c1CCC(=O)NC1CCCCCC1O. The smallest absolute Gasteiger partial charge is 0.220 e. The normalized spacial score (nSPS) is 23.4. The van der Waals surface area contributed by atoms with Crippen molar-refractivity contribution in [1.82, 2.24) is 10.5 Å². The summed E-state index contributed by atoms with van der Waals surface area (Å²) in [6.07, 6.45) is 5.57. The van der Waals surface area contributed by atoms with Crippen LogP contribution >= 0.6 is 0 Å². The van der Waals surface area contributed by atoms with Gasteiger partial charge in [0.05, 0.1) is 17.8 Å². The van der Waals surface area contributed by atoms with E-state index in [-0.39, 0.29) is 11.9 Å². The van der Waals surface area contributed by atoms with Gasteiger partial charge in [0.2, 0.25) is 5.91 Å². The fourth-order valence-electron chi connectivity index (χ4n) is 2.83. The van der Waals surface area contributed by atoms with Crippen LogP contribution in [-0.2, 0) is 11.2 Å². The van der Waals surface area contributed by atoms with Gasteiger partial charge < -0.3 is 14.9 Å². The van der Waals surface area contributed by atoms with Crippen LogP contribution in [0.3, 0.4) is 0 Å². The molecule has 0 bridgehead atoms. The number of aryl methyl sites for hydroxylation is 2. The number of hydrogen-bond acceptors (Lipinski definition) is 4. The van der Waals surface area contributed by atoms with Gasteiger partial charge in [-0.05, 0) is 33.1 Å². The molecule has 1 aromatic rings. The van der Waals surface area contributed by atoms with Crippen LogP contribution in [-0.4, -0.2) is 28.3 Å². The van der Waals surface area contributed by atoms with Crippen molar-refractivity contribution in [3.8, 4) is 0 Å². The molecule has 2 atom stereocenters. The molecule has 2 rings (SSSR count). The van der Waals surface area contributed by atoms with Crippen LogP contribution in [0.25, 0.3) is 0 Å². The third kappa shape index (κ3) is 3.82. The molecule has 5 nitrogen and oxygen atoms in total. The first-order chi connectivity index (χ1) is 9.58. The van der Waals surface area contributed by atoms with Crippen molar-refractivity contribution >= 4 is 5.91 Å². The molecule has 1 aliphatic rings. The first-order valence-electron chi connectivity index (χ1n) is 7.47. The van der Waals surface area contributed by atoms with E-state index in [1.807, 2.05) is 13.8 Å². The van der Waals surface area contributed by atoms with Crippen molar-refractivity contribution in [2.75, 3.05) is 0 Å². The standard InChI is InChI=1S/C15H24N2O3/c1-10-12(11(2)20-17-10)8-9-15(19)16-13-6-4-3-5-7-14(13)18/h13-14,18H,3-9H2,1-2H3,(H,16,19). The highest BCUT2D eigenvalue weighted by Crippen LogP contribution is 2.19. The Bertz CT molecular complexity index is 436. The van der Waals surface area contributed by atoms with E-state index in [4.69, 9.17) is 4.52 Å². The third-order valence-electron chi connectivity index (χ3n) is 4.11. The number of aliphatic hydroxyl groups excluding tert-OH is 1. The lowest BCUT2D eigenvalue weighted by Crippen LogP contribution is -2.42. The van der Waals surface area contributed by atoms with E-state index in [0.29, 0.717) is 12.8 Å². The van der Waals surface area contributed by atoms with E-state index in [1.165, 1.54) is 0 Å². The highest BCUT2D eigenvalue weighted by atomic mass is 16.5. The van der Waals surface area contributed by atoms with Gasteiger partial charge in [0.15, 0.2) is 0 Å². The molecule has 5 heteroatoms. The van der Waals surface area contributed by atoms with E-state index in [0.717, 1.165) is 49.1 Å². The Morgan fingerprint density at radius 1 is 1.35 bits per heavy atom. The van der Waals surface area contributed by atoms with Crippen LogP contribution in [0.1, 0.15) is 55.5 Å². The summed E-state index contributed by atoms with van der Waals surface area (Å²) in [5.74, 6) is 0.778. The molecule has 1 aromatic heterocycles. The molecule has 0 aliphatic heterocycles. The first-order valence-corrected chi connectivity index (χ1v) is 7.47. The predicted octanol–water partition coefficient (Wildman–Crippen LogP) is 2.03. The molecular weight excluding hydrogens is 256 g/mol. The predicted molar refractivity (Wildman–Crippen MR) is 75.3 cm³/mol. The minimum atomic E-state index is -0.402. The molecule has 0 spiro atoms. The van der Waals surface area contributed by atoms with Crippen molar-refractivity contribution in [1.29, 1.82) is 0 Å². The number of nitrogens with one attached hydrogen (secondary N) is 1. The lowest BCUT2D eigenvalue weighted by molar-refractivity contribution is -0.122. The fraction of sp³-hybridized carbons (Fsp3) is 0.733. The number of rotatable bonds is 4. The van der Waals surface area contributed by atoms with E-state index >= 15 is 0 Å². The van der Waals surface area contributed by atoms with Crippen LogP contribution in [0.15, 0.2) is 4.52 Å². The zero-order valence-electron chi connectivity index (χ0n) is 12.3. The quantitative estimate of drug-likeness (QED) is 0.828. The van der Waals surface area contributed by atoms with Crippen LogP contribution < -0.4 is 5.32 Å². The van der Waals surface area contributed by atoms with Gasteiger partial charge in [-0.25, -0.2) is 0 Å². The Morgan fingerprint density at radius 3 is 2.80 bits per heavy atom. The van der Waals surface area contributed by atoms with Crippen molar-refractivity contribution in [3.63, 3.8) is 0 Å². The van der Waals surface area contributed by atoms with Gasteiger partial charge in [-0.2, -0.15) is 0 Å². The van der Waals surface area contributed by atoms with Crippen LogP contribution in [0.4, 0.5) is 0 Å². The van der Waals surface area contributed by atoms with Gasteiger partial charge in [-0.1, -0.05) is 24.4 Å².